The topological polar surface area (TPSA) is 73.1 Å². The van der Waals surface area contributed by atoms with E-state index >= 15 is 0 Å². The summed E-state index contributed by atoms with van der Waals surface area (Å²) in [5.74, 6) is -0.220. The van der Waals surface area contributed by atoms with Gasteiger partial charge in [0.15, 0.2) is 0 Å². The first-order valence-corrected chi connectivity index (χ1v) is 6.83. The van der Waals surface area contributed by atoms with E-state index in [4.69, 9.17) is 0 Å². The number of hydrogen-bond acceptors (Lipinski definition) is 4. The average molecular weight is 285 g/mol. The fraction of sp³-hybridized carbons (Fsp3) is 0.235. The van der Waals surface area contributed by atoms with Crippen molar-refractivity contribution in [2.75, 3.05) is 0 Å². The molecule has 21 heavy (non-hydrogen) atoms. The number of phenols is 2. The van der Waals surface area contributed by atoms with E-state index in [0.717, 1.165) is 0 Å². The van der Waals surface area contributed by atoms with Crippen molar-refractivity contribution in [3.8, 4) is 11.5 Å². The average Bonchev–Trinajstić information content (AvgIpc) is 2.48. The molecular formula is C17H19NO3. The first-order chi connectivity index (χ1) is 10.1. The van der Waals surface area contributed by atoms with Crippen LogP contribution in [0, 0.1) is 0 Å². The largest absolute Gasteiger partial charge is 0.508 e. The molecule has 0 aliphatic rings. The summed E-state index contributed by atoms with van der Waals surface area (Å²) in [6, 6.07) is 13.9. The monoisotopic (exact) mass is 285 g/mol. The molecule has 0 aromatic heterocycles. The third-order valence-electron chi connectivity index (χ3n) is 3.81. The van der Waals surface area contributed by atoms with Gasteiger partial charge in [-0.3, -0.25) is 0 Å². The molecule has 2 rings (SSSR count). The van der Waals surface area contributed by atoms with Gasteiger partial charge in [-0.25, -0.2) is 0 Å². The quantitative estimate of drug-likeness (QED) is 0.454. The molecule has 0 heterocycles. The van der Waals surface area contributed by atoms with Crippen molar-refractivity contribution in [1.29, 1.82) is 0 Å². The molecule has 0 bridgehead atoms. The van der Waals surface area contributed by atoms with Gasteiger partial charge in [0.05, 0.1) is 5.71 Å². The number of oxime groups is 1. The molecule has 0 radical (unpaired) electrons. The molecule has 0 aliphatic carbocycles. The van der Waals surface area contributed by atoms with Crippen LogP contribution in [0.25, 0.3) is 0 Å². The van der Waals surface area contributed by atoms with E-state index < -0.39 is 0 Å². The van der Waals surface area contributed by atoms with E-state index in [9.17, 15) is 15.4 Å². The minimum atomic E-state index is -0.272. The first kappa shape index (κ1) is 14.9. The Morgan fingerprint density at radius 2 is 1.19 bits per heavy atom. The Hall–Kier alpha value is -2.49. The maximum absolute atomic E-state index is 9.95. The molecule has 0 amide bonds. The number of rotatable bonds is 4. The number of hydrogen-bond donors (Lipinski definition) is 3. The lowest BCUT2D eigenvalue weighted by atomic mass is 9.84. The minimum absolute atomic E-state index is 0.163. The molecule has 3 N–H and O–H groups in total. The zero-order valence-electron chi connectivity index (χ0n) is 12.1. The Bertz CT molecular complexity index is 598. The van der Waals surface area contributed by atoms with Crippen LogP contribution in [0.15, 0.2) is 53.7 Å². The highest BCUT2D eigenvalue weighted by molar-refractivity contribution is 5.96. The van der Waals surface area contributed by atoms with Crippen LogP contribution in [0.5, 0.6) is 11.5 Å². The molecule has 4 heteroatoms. The number of para-hydroxylation sites is 2. The molecule has 2 aromatic carbocycles. The van der Waals surface area contributed by atoms with Gasteiger partial charge in [-0.2, -0.15) is 0 Å². The number of benzene rings is 2. The zero-order chi connectivity index (χ0) is 15.4. The van der Waals surface area contributed by atoms with Gasteiger partial charge < -0.3 is 15.4 Å². The summed E-state index contributed by atoms with van der Waals surface area (Å²) >= 11 is 0. The van der Waals surface area contributed by atoms with Crippen LogP contribution in [0.4, 0.5) is 0 Å². The number of phenolic OH excluding ortho intramolecular Hbond substituents is 2. The third-order valence-corrected chi connectivity index (χ3v) is 3.81. The summed E-state index contributed by atoms with van der Waals surface area (Å²) in [5, 5.41) is 32.7. The molecule has 0 fully saturated rings. The predicted octanol–water partition coefficient (Wildman–Crippen LogP) is 3.84. The molecule has 4 nitrogen and oxygen atoms in total. The van der Waals surface area contributed by atoms with Gasteiger partial charge in [-0.05, 0) is 12.1 Å². The van der Waals surface area contributed by atoms with E-state index in [1.807, 2.05) is 26.0 Å². The van der Waals surface area contributed by atoms with Gasteiger partial charge in [0.2, 0.25) is 0 Å². The van der Waals surface area contributed by atoms with E-state index in [0.29, 0.717) is 16.8 Å². The zero-order valence-corrected chi connectivity index (χ0v) is 12.1. The Morgan fingerprint density at radius 3 is 1.52 bits per heavy atom. The number of nitrogens with zero attached hydrogens (tertiary/aromatic N) is 1. The molecule has 0 aliphatic heterocycles. The second-order valence-corrected chi connectivity index (χ2v) is 5.09. The van der Waals surface area contributed by atoms with Crippen LogP contribution >= 0.6 is 0 Å². The standard InChI is InChI=1S/C17H19NO3/c1-11(13-7-3-5-9-15(13)19)17(18-21)12(2)14-8-4-6-10-16(14)20/h3-12,19-21H,1-2H3. The van der Waals surface area contributed by atoms with Crippen molar-refractivity contribution in [1.82, 2.24) is 0 Å². The third kappa shape index (κ3) is 2.99. The highest BCUT2D eigenvalue weighted by atomic mass is 16.4. The SMILES string of the molecule is CC(C(=NO)C(C)c1ccccc1O)c1ccccc1O. The second kappa shape index (κ2) is 6.31. The molecule has 2 unspecified atom stereocenters. The normalized spacial score (nSPS) is 13.4. The lowest BCUT2D eigenvalue weighted by Crippen LogP contribution is -2.17. The smallest absolute Gasteiger partial charge is 0.119 e. The molecule has 2 aromatic rings. The van der Waals surface area contributed by atoms with Crippen LogP contribution in [-0.2, 0) is 0 Å². The fourth-order valence-corrected chi connectivity index (χ4v) is 2.57. The van der Waals surface area contributed by atoms with Crippen molar-refractivity contribution < 1.29 is 15.4 Å². The predicted molar refractivity (Wildman–Crippen MR) is 82.3 cm³/mol. The van der Waals surface area contributed by atoms with E-state index in [2.05, 4.69) is 5.16 Å². The molecule has 2 atom stereocenters. The van der Waals surface area contributed by atoms with Crippen molar-refractivity contribution in [3.63, 3.8) is 0 Å². The highest BCUT2D eigenvalue weighted by Crippen LogP contribution is 2.34. The van der Waals surface area contributed by atoms with Gasteiger partial charge in [-0.15, -0.1) is 0 Å². The van der Waals surface area contributed by atoms with Crippen molar-refractivity contribution in [2.24, 2.45) is 5.16 Å². The van der Waals surface area contributed by atoms with E-state index in [1.54, 1.807) is 36.4 Å². The second-order valence-electron chi connectivity index (χ2n) is 5.09. The highest BCUT2D eigenvalue weighted by Gasteiger charge is 2.24. The first-order valence-electron chi connectivity index (χ1n) is 6.83. The van der Waals surface area contributed by atoms with Crippen molar-refractivity contribution >= 4 is 5.71 Å². The lowest BCUT2D eigenvalue weighted by Gasteiger charge is -2.21. The molecule has 110 valence electrons. The summed E-state index contributed by atoms with van der Waals surface area (Å²) in [4.78, 5) is 0. The maximum atomic E-state index is 9.95. The van der Waals surface area contributed by atoms with Gasteiger partial charge >= 0.3 is 0 Å². The van der Waals surface area contributed by atoms with Gasteiger partial charge in [0, 0.05) is 23.0 Å². The summed E-state index contributed by atoms with van der Waals surface area (Å²) in [6.07, 6.45) is 0. The lowest BCUT2D eigenvalue weighted by molar-refractivity contribution is 0.314. The van der Waals surface area contributed by atoms with Crippen LogP contribution in [0.3, 0.4) is 0 Å². The van der Waals surface area contributed by atoms with Crippen LogP contribution in [-0.4, -0.2) is 21.1 Å². The van der Waals surface area contributed by atoms with E-state index in [-0.39, 0.29) is 23.3 Å². The maximum Gasteiger partial charge on any atom is 0.119 e. The Balaban J connectivity index is 2.37. The molecule has 0 saturated heterocycles. The molecular weight excluding hydrogens is 266 g/mol. The summed E-state index contributed by atoms with van der Waals surface area (Å²) in [6.45, 7) is 3.72. The molecule has 0 saturated carbocycles. The van der Waals surface area contributed by atoms with Crippen LogP contribution in [0.2, 0.25) is 0 Å². The van der Waals surface area contributed by atoms with E-state index in [1.165, 1.54) is 0 Å². The fourth-order valence-electron chi connectivity index (χ4n) is 2.57. The van der Waals surface area contributed by atoms with Gasteiger partial charge in [0.25, 0.3) is 0 Å². The Labute approximate surface area is 124 Å². The Kier molecular flexibility index (Phi) is 4.48. The minimum Gasteiger partial charge on any atom is -0.508 e. The summed E-state index contributed by atoms with van der Waals surface area (Å²) in [5.41, 5.74) is 1.86. The molecule has 0 spiro atoms. The van der Waals surface area contributed by atoms with Crippen molar-refractivity contribution in [3.05, 3.63) is 59.7 Å². The van der Waals surface area contributed by atoms with Crippen LogP contribution < -0.4 is 0 Å². The summed E-state index contributed by atoms with van der Waals surface area (Å²) < 4.78 is 0. The number of aromatic hydroxyl groups is 2. The van der Waals surface area contributed by atoms with Crippen LogP contribution in [0.1, 0.15) is 36.8 Å². The summed E-state index contributed by atoms with van der Waals surface area (Å²) in [7, 11) is 0. The Morgan fingerprint density at radius 1 is 0.810 bits per heavy atom. The van der Waals surface area contributed by atoms with Gasteiger partial charge in [-0.1, -0.05) is 55.4 Å². The van der Waals surface area contributed by atoms with Crippen molar-refractivity contribution in [2.45, 2.75) is 25.7 Å². The van der Waals surface area contributed by atoms with Gasteiger partial charge in [0.1, 0.15) is 11.5 Å².